The van der Waals surface area contributed by atoms with Gasteiger partial charge in [-0.1, -0.05) is 83.9 Å². The van der Waals surface area contributed by atoms with Crippen molar-refractivity contribution in [2.24, 2.45) is 0 Å². The number of hydrogen-bond acceptors (Lipinski definition) is 6. The van der Waals surface area contributed by atoms with Crippen molar-refractivity contribution in [3.63, 3.8) is 0 Å². The lowest BCUT2D eigenvalue weighted by Crippen LogP contribution is -2.30. The van der Waals surface area contributed by atoms with Crippen LogP contribution in [0.4, 0.5) is 17.6 Å². The Balaban J connectivity index is 1.41. The highest BCUT2D eigenvalue weighted by atomic mass is 32.2. The van der Waals surface area contributed by atoms with Gasteiger partial charge in [-0.15, -0.1) is 0 Å². The molecule has 7 rings (SSSR count). The predicted octanol–water partition coefficient (Wildman–Crippen LogP) is 8.76. The fourth-order valence-corrected chi connectivity index (χ4v) is 8.35. The van der Waals surface area contributed by atoms with Crippen molar-refractivity contribution in [2.75, 3.05) is 0 Å². The van der Waals surface area contributed by atoms with Gasteiger partial charge in [-0.3, -0.25) is 0 Å². The van der Waals surface area contributed by atoms with Crippen LogP contribution in [0, 0.1) is 37.1 Å². The average Bonchev–Trinajstić information content (AvgIpc) is 3.39. The van der Waals surface area contributed by atoms with Crippen LogP contribution in [0.2, 0.25) is 0 Å². The zero-order valence-corrected chi connectivity index (χ0v) is 28.5. The summed E-state index contributed by atoms with van der Waals surface area (Å²) in [5.41, 5.74) is 1.37. The van der Waals surface area contributed by atoms with Crippen LogP contribution in [0.3, 0.4) is 0 Å². The number of fused-ring (bicyclic) bond motifs is 3. The molecule has 0 radical (unpaired) electrons. The molecule has 0 N–H and O–H groups in total. The molecule has 0 amide bonds. The van der Waals surface area contributed by atoms with E-state index in [1.54, 1.807) is 62.4 Å². The van der Waals surface area contributed by atoms with Gasteiger partial charge in [0.1, 0.15) is 9.79 Å². The van der Waals surface area contributed by atoms with E-state index in [1.807, 2.05) is 0 Å². The fourth-order valence-electron chi connectivity index (χ4n) is 6.46. The van der Waals surface area contributed by atoms with Crippen LogP contribution in [0.15, 0.2) is 131 Å². The van der Waals surface area contributed by atoms with Crippen molar-refractivity contribution < 1.29 is 42.8 Å². The number of hydrogen-bond donors (Lipinski definition) is 0. The minimum absolute atomic E-state index is 0.158. The molecule has 0 atom stereocenters. The molecule has 0 aliphatic heterocycles. The Labute approximate surface area is 291 Å². The molecular formula is C39H26F4O6S2. The Bertz CT molecular complexity index is 2340. The Kier molecular flexibility index (Phi) is 8.26. The topological polar surface area (TPSA) is 86.7 Å². The monoisotopic (exact) mass is 730 g/mol. The Morgan fingerprint density at radius 1 is 0.471 bits per heavy atom. The minimum atomic E-state index is -4.67. The molecule has 0 fully saturated rings. The van der Waals surface area contributed by atoms with Crippen LogP contribution >= 0.6 is 0 Å². The van der Waals surface area contributed by atoms with E-state index in [1.165, 1.54) is 48.5 Å². The van der Waals surface area contributed by atoms with E-state index in [-0.39, 0.29) is 20.9 Å². The average molecular weight is 731 g/mol. The fraction of sp³-hybridized carbons (Fsp3) is 0.0769. The van der Waals surface area contributed by atoms with Crippen LogP contribution in [0.5, 0.6) is 11.5 Å². The summed E-state index contributed by atoms with van der Waals surface area (Å²) >= 11 is 0. The molecule has 0 unspecified atom stereocenters. The summed E-state index contributed by atoms with van der Waals surface area (Å²) in [7, 11) is -9.33. The van der Waals surface area contributed by atoms with E-state index in [2.05, 4.69) is 0 Å². The molecule has 6 nitrogen and oxygen atoms in total. The lowest BCUT2D eigenvalue weighted by Gasteiger charge is -2.34. The summed E-state index contributed by atoms with van der Waals surface area (Å²) in [6.45, 7) is 3.46. The summed E-state index contributed by atoms with van der Waals surface area (Å²) in [5, 5.41) is 0. The van der Waals surface area contributed by atoms with Gasteiger partial charge in [0.05, 0.1) is 5.41 Å². The van der Waals surface area contributed by atoms with Crippen molar-refractivity contribution in [3.05, 3.63) is 178 Å². The van der Waals surface area contributed by atoms with Crippen molar-refractivity contribution in [1.29, 1.82) is 0 Å². The molecule has 0 aromatic heterocycles. The first-order valence-corrected chi connectivity index (χ1v) is 18.2. The third-order valence-electron chi connectivity index (χ3n) is 8.82. The molecule has 0 bridgehead atoms. The summed E-state index contributed by atoms with van der Waals surface area (Å²) in [5.74, 6) is -7.98. The zero-order chi connectivity index (χ0) is 36.3. The molecule has 51 heavy (non-hydrogen) atoms. The largest absolute Gasteiger partial charge is 0.373 e. The van der Waals surface area contributed by atoms with Crippen molar-refractivity contribution in [3.8, 4) is 22.6 Å². The van der Waals surface area contributed by atoms with Crippen LogP contribution in [0.1, 0.15) is 33.4 Å². The van der Waals surface area contributed by atoms with Crippen molar-refractivity contribution in [1.82, 2.24) is 0 Å². The molecule has 6 aromatic rings. The summed E-state index contributed by atoms with van der Waals surface area (Å²) in [6, 6.07) is 27.9. The normalized spacial score (nSPS) is 13.4. The summed E-state index contributed by atoms with van der Waals surface area (Å²) in [6.07, 6.45) is 0. The second-order valence-electron chi connectivity index (χ2n) is 12.1. The summed E-state index contributed by atoms with van der Waals surface area (Å²) < 4.78 is 126. The van der Waals surface area contributed by atoms with Crippen molar-refractivity contribution in [2.45, 2.75) is 29.1 Å². The lowest BCUT2D eigenvalue weighted by atomic mass is 9.67. The van der Waals surface area contributed by atoms with Gasteiger partial charge in [-0.25, -0.2) is 17.6 Å². The van der Waals surface area contributed by atoms with Gasteiger partial charge in [-0.05, 0) is 95.8 Å². The van der Waals surface area contributed by atoms with E-state index in [0.29, 0.717) is 22.3 Å². The number of halogens is 4. The molecule has 0 saturated heterocycles. The quantitative estimate of drug-likeness (QED) is 0.115. The van der Waals surface area contributed by atoms with Gasteiger partial charge in [0.2, 0.25) is 11.5 Å². The molecule has 0 saturated carbocycles. The highest BCUT2D eigenvalue weighted by Gasteiger charge is 2.48. The summed E-state index contributed by atoms with van der Waals surface area (Å²) in [4.78, 5) is -0.660. The third kappa shape index (κ3) is 5.74. The molecule has 0 spiro atoms. The second kappa shape index (κ2) is 12.4. The Hall–Kier alpha value is -5.46. The van der Waals surface area contributed by atoms with E-state index >= 15 is 17.6 Å². The maximum Gasteiger partial charge on any atom is 0.339 e. The first-order chi connectivity index (χ1) is 24.2. The van der Waals surface area contributed by atoms with Crippen LogP contribution in [-0.2, 0) is 25.7 Å². The van der Waals surface area contributed by atoms with Gasteiger partial charge in [0.15, 0.2) is 23.3 Å². The van der Waals surface area contributed by atoms with E-state index in [0.717, 1.165) is 35.4 Å². The maximum absolute atomic E-state index is 16.0. The van der Waals surface area contributed by atoms with Gasteiger partial charge >= 0.3 is 20.2 Å². The van der Waals surface area contributed by atoms with Gasteiger partial charge in [-0.2, -0.15) is 16.8 Å². The third-order valence-corrected chi connectivity index (χ3v) is 11.3. The Morgan fingerprint density at radius 3 is 1.12 bits per heavy atom. The van der Waals surface area contributed by atoms with Crippen LogP contribution in [-0.4, -0.2) is 16.8 Å². The van der Waals surface area contributed by atoms with E-state index < -0.39 is 60.4 Å². The maximum atomic E-state index is 16.0. The predicted molar refractivity (Wildman–Crippen MR) is 182 cm³/mol. The van der Waals surface area contributed by atoms with Gasteiger partial charge < -0.3 is 8.37 Å². The number of rotatable bonds is 8. The number of aryl methyl sites for hydroxylation is 2. The van der Waals surface area contributed by atoms with Crippen molar-refractivity contribution >= 4 is 20.2 Å². The number of benzene rings is 6. The highest BCUT2D eigenvalue weighted by molar-refractivity contribution is 7.87. The zero-order valence-electron chi connectivity index (χ0n) is 26.8. The molecule has 1 aliphatic carbocycles. The SMILES string of the molecule is Cc1ccc(S(=O)(=O)Oc2c(F)cc(C3(c4cc(F)c(OS(=O)(=O)c5ccc(C)cc5)c(F)c4)c4ccccc4-c4ccccc43)cc2F)cc1. The first kappa shape index (κ1) is 34.0. The minimum Gasteiger partial charge on any atom is -0.373 e. The van der Waals surface area contributed by atoms with Crippen LogP contribution < -0.4 is 8.37 Å². The molecule has 0 heterocycles. The Morgan fingerprint density at radius 2 is 0.784 bits per heavy atom. The standard InChI is InChI=1S/C39H26F4O6S2/c1-23-11-15-27(16-12-23)50(44,45)48-37-33(40)19-25(20-34(37)41)39(31-9-5-3-7-29(31)30-8-4-6-10-32(30)39)26-21-35(42)38(36(43)22-26)49-51(46,47)28-17-13-24(2)14-18-28/h3-22H,1-2H3. The second-order valence-corrected chi connectivity index (χ2v) is 15.2. The molecule has 12 heteroatoms. The highest BCUT2D eigenvalue weighted by Crippen LogP contribution is 2.57. The molecule has 258 valence electrons. The molecule has 6 aromatic carbocycles. The lowest BCUT2D eigenvalue weighted by molar-refractivity contribution is 0.430. The first-order valence-electron chi connectivity index (χ1n) is 15.4. The van der Waals surface area contributed by atoms with Crippen LogP contribution in [0.25, 0.3) is 11.1 Å². The molecule has 1 aliphatic rings. The smallest absolute Gasteiger partial charge is 0.339 e. The van der Waals surface area contributed by atoms with Gasteiger partial charge in [0.25, 0.3) is 0 Å². The van der Waals surface area contributed by atoms with E-state index in [4.69, 9.17) is 8.37 Å². The molecular weight excluding hydrogens is 705 g/mol. The van der Waals surface area contributed by atoms with E-state index in [9.17, 15) is 16.8 Å². The van der Waals surface area contributed by atoms with Gasteiger partial charge in [0, 0.05) is 0 Å².